The maximum atomic E-state index is 11.5. The van der Waals surface area contributed by atoms with Crippen LogP contribution in [-0.2, 0) is 11.2 Å². The summed E-state index contributed by atoms with van der Waals surface area (Å²) in [4.78, 5) is 11.5. The van der Waals surface area contributed by atoms with E-state index in [1.54, 1.807) is 20.1 Å². The van der Waals surface area contributed by atoms with Crippen molar-refractivity contribution in [3.63, 3.8) is 0 Å². The van der Waals surface area contributed by atoms with E-state index in [0.717, 1.165) is 9.86 Å². The zero-order valence-electron chi connectivity index (χ0n) is 11.2. The van der Waals surface area contributed by atoms with Gasteiger partial charge in [-0.1, -0.05) is 15.9 Å². The van der Waals surface area contributed by atoms with E-state index in [0.29, 0.717) is 29.5 Å². The Hall–Kier alpha value is -1.59. The third-order valence-corrected chi connectivity index (χ3v) is 3.87. The number of halogens is 1. The van der Waals surface area contributed by atoms with Crippen molar-refractivity contribution in [2.24, 2.45) is 0 Å². The molecular formula is C15H15BrO4. The van der Waals surface area contributed by atoms with Crippen LogP contribution in [0.4, 0.5) is 0 Å². The van der Waals surface area contributed by atoms with Crippen molar-refractivity contribution in [1.82, 2.24) is 0 Å². The third-order valence-electron chi connectivity index (χ3n) is 3.37. The van der Waals surface area contributed by atoms with Crippen LogP contribution >= 0.6 is 15.9 Å². The number of rotatable bonds is 4. The molecule has 0 radical (unpaired) electrons. The fraction of sp³-hybridized carbons (Fsp3) is 0.267. The standard InChI is InChI=1S/C15H15BrO4/c1-8-12-7-9(16)3-4-10(12)14(17)11(5-6-20-2)13(8)15(18)19/h3-4,7,17H,5-6H2,1-2H3,(H,18,19). The van der Waals surface area contributed by atoms with Gasteiger partial charge in [0, 0.05) is 29.0 Å². The average molecular weight is 339 g/mol. The first-order valence-corrected chi connectivity index (χ1v) is 6.92. The molecule has 20 heavy (non-hydrogen) atoms. The van der Waals surface area contributed by atoms with Gasteiger partial charge in [-0.2, -0.15) is 0 Å². The van der Waals surface area contributed by atoms with E-state index in [9.17, 15) is 15.0 Å². The van der Waals surface area contributed by atoms with Crippen LogP contribution in [-0.4, -0.2) is 29.9 Å². The largest absolute Gasteiger partial charge is 0.507 e. The molecule has 4 nitrogen and oxygen atoms in total. The summed E-state index contributed by atoms with van der Waals surface area (Å²) in [5, 5.41) is 21.2. The van der Waals surface area contributed by atoms with Crippen molar-refractivity contribution in [2.75, 3.05) is 13.7 Å². The SMILES string of the molecule is COCCc1c(C(=O)O)c(C)c2cc(Br)ccc2c1O. The van der Waals surface area contributed by atoms with Crippen LogP contribution in [0.25, 0.3) is 10.8 Å². The molecule has 0 bridgehead atoms. The quantitative estimate of drug-likeness (QED) is 0.895. The van der Waals surface area contributed by atoms with Crippen molar-refractivity contribution in [1.29, 1.82) is 0 Å². The van der Waals surface area contributed by atoms with Crippen LogP contribution in [0, 0.1) is 6.92 Å². The third kappa shape index (κ3) is 2.51. The number of phenolic OH excluding ortho intramolecular Hbond substituents is 1. The van der Waals surface area contributed by atoms with Gasteiger partial charge in [0.15, 0.2) is 0 Å². The highest BCUT2D eigenvalue weighted by atomic mass is 79.9. The summed E-state index contributed by atoms with van der Waals surface area (Å²) in [7, 11) is 1.54. The molecule has 0 spiro atoms. The van der Waals surface area contributed by atoms with Gasteiger partial charge in [0.2, 0.25) is 0 Å². The topological polar surface area (TPSA) is 66.8 Å². The van der Waals surface area contributed by atoms with E-state index < -0.39 is 5.97 Å². The van der Waals surface area contributed by atoms with Crippen LogP contribution in [0.1, 0.15) is 21.5 Å². The molecule has 2 aromatic carbocycles. The van der Waals surface area contributed by atoms with Crippen LogP contribution in [0.3, 0.4) is 0 Å². The number of aryl methyl sites for hydroxylation is 1. The number of aromatic carboxylic acids is 1. The van der Waals surface area contributed by atoms with E-state index in [2.05, 4.69) is 15.9 Å². The van der Waals surface area contributed by atoms with Crippen LogP contribution in [0.5, 0.6) is 5.75 Å². The number of hydrogen-bond acceptors (Lipinski definition) is 3. The van der Waals surface area contributed by atoms with Crippen LogP contribution in [0.15, 0.2) is 22.7 Å². The summed E-state index contributed by atoms with van der Waals surface area (Å²) in [6.07, 6.45) is 0.358. The maximum Gasteiger partial charge on any atom is 0.336 e. The monoisotopic (exact) mass is 338 g/mol. The van der Waals surface area contributed by atoms with Crippen LogP contribution < -0.4 is 0 Å². The number of carboxylic acid groups (broad SMARTS) is 1. The van der Waals surface area contributed by atoms with E-state index >= 15 is 0 Å². The minimum atomic E-state index is -1.04. The van der Waals surface area contributed by atoms with Crippen molar-refractivity contribution >= 4 is 32.7 Å². The number of fused-ring (bicyclic) bond motifs is 1. The van der Waals surface area contributed by atoms with Gasteiger partial charge in [0.25, 0.3) is 0 Å². The van der Waals surface area contributed by atoms with Gasteiger partial charge in [-0.15, -0.1) is 0 Å². The summed E-state index contributed by atoms with van der Waals surface area (Å²) < 4.78 is 5.84. The minimum absolute atomic E-state index is 0.0209. The number of hydrogen-bond donors (Lipinski definition) is 2. The summed E-state index contributed by atoms with van der Waals surface area (Å²) in [5.74, 6) is -1.02. The molecule has 0 aliphatic heterocycles. The number of carbonyl (C=O) groups is 1. The smallest absolute Gasteiger partial charge is 0.336 e. The molecule has 0 aliphatic rings. The fourth-order valence-corrected chi connectivity index (χ4v) is 2.77. The first-order chi connectivity index (χ1) is 9.47. The molecule has 0 amide bonds. The number of phenols is 1. The Kier molecular flexibility index (Phi) is 4.30. The molecule has 2 rings (SSSR count). The number of ether oxygens (including phenoxy) is 1. The van der Waals surface area contributed by atoms with Crippen molar-refractivity contribution in [3.05, 3.63) is 39.4 Å². The maximum absolute atomic E-state index is 11.5. The Morgan fingerprint density at radius 1 is 1.35 bits per heavy atom. The Labute approximate surface area is 125 Å². The molecule has 0 atom stereocenters. The molecule has 0 fully saturated rings. The van der Waals surface area contributed by atoms with Crippen molar-refractivity contribution in [3.8, 4) is 5.75 Å². The molecule has 0 aromatic heterocycles. The van der Waals surface area contributed by atoms with Gasteiger partial charge in [0.05, 0.1) is 12.2 Å². The molecular weight excluding hydrogens is 324 g/mol. The summed E-state index contributed by atoms with van der Waals surface area (Å²) in [6.45, 7) is 2.11. The average Bonchev–Trinajstić information content (AvgIpc) is 2.40. The Balaban J connectivity index is 2.82. The Morgan fingerprint density at radius 2 is 2.05 bits per heavy atom. The molecule has 0 heterocycles. The number of methoxy groups -OCH3 is 1. The van der Waals surface area contributed by atoms with E-state index in [1.807, 2.05) is 12.1 Å². The van der Waals surface area contributed by atoms with E-state index in [4.69, 9.17) is 4.74 Å². The normalized spacial score (nSPS) is 10.9. The summed E-state index contributed by atoms with van der Waals surface area (Å²) in [6, 6.07) is 5.42. The van der Waals surface area contributed by atoms with E-state index in [-0.39, 0.29) is 11.3 Å². The minimum Gasteiger partial charge on any atom is -0.507 e. The first kappa shape index (κ1) is 14.8. The molecule has 0 saturated heterocycles. The highest BCUT2D eigenvalue weighted by Gasteiger charge is 2.21. The van der Waals surface area contributed by atoms with Crippen molar-refractivity contribution < 1.29 is 19.7 Å². The number of benzene rings is 2. The van der Waals surface area contributed by atoms with Gasteiger partial charge in [0.1, 0.15) is 5.75 Å². The molecule has 0 unspecified atom stereocenters. The first-order valence-electron chi connectivity index (χ1n) is 6.13. The molecule has 0 aliphatic carbocycles. The van der Waals surface area contributed by atoms with Gasteiger partial charge in [-0.25, -0.2) is 4.79 Å². The van der Waals surface area contributed by atoms with Gasteiger partial charge in [-0.05, 0) is 36.1 Å². The summed E-state index contributed by atoms with van der Waals surface area (Å²) in [5.41, 5.74) is 1.23. The van der Waals surface area contributed by atoms with Gasteiger partial charge < -0.3 is 14.9 Å². The number of aromatic hydroxyl groups is 1. The van der Waals surface area contributed by atoms with Gasteiger partial charge >= 0.3 is 5.97 Å². The van der Waals surface area contributed by atoms with Crippen LogP contribution in [0.2, 0.25) is 0 Å². The molecule has 2 aromatic rings. The second kappa shape index (κ2) is 5.81. The second-order valence-electron chi connectivity index (χ2n) is 4.57. The molecule has 106 valence electrons. The zero-order valence-corrected chi connectivity index (χ0v) is 12.8. The highest BCUT2D eigenvalue weighted by molar-refractivity contribution is 9.10. The lowest BCUT2D eigenvalue weighted by atomic mass is 9.92. The fourth-order valence-electron chi connectivity index (χ4n) is 2.41. The zero-order chi connectivity index (χ0) is 14.9. The lowest BCUT2D eigenvalue weighted by Crippen LogP contribution is -2.09. The number of carboxylic acids is 1. The summed E-state index contributed by atoms with van der Waals surface area (Å²) >= 11 is 3.36. The molecule has 2 N–H and O–H groups in total. The van der Waals surface area contributed by atoms with Gasteiger partial charge in [-0.3, -0.25) is 0 Å². The highest BCUT2D eigenvalue weighted by Crippen LogP contribution is 2.36. The lowest BCUT2D eigenvalue weighted by molar-refractivity contribution is 0.0694. The predicted molar refractivity (Wildman–Crippen MR) is 80.6 cm³/mol. The Morgan fingerprint density at radius 3 is 2.65 bits per heavy atom. The lowest BCUT2D eigenvalue weighted by Gasteiger charge is -2.15. The molecule has 0 saturated carbocycles. The van der Waals surface area contributed by atoms with E-state index in [1.165, 1.54) is 0 Å². The predicted octanol–water partition coefficient (Wildman–Crippen LogP) is 3.50. The molecule has 5 heteroatoms. The van der Waals surface area contributed by atoms with Crippen molar-refractivity contribution in [2.45, 2.75) is 13.3 Å². The Bertz CT molecular complexity index is 679. The second-order valence-corrected chi connectivity index (χ2v) is 5.48.